The van der Waals surface area contributed by atoms with E-state index in [0.29, 0.717) is 25.1 Å². The first-order valence-electron chi connectivity index (χ1n) is 15.7. The summed E-state index contributed by atoms with van der Waals surface area (Å²) in [4.78, 5) is 37.3. The van der Waals surface area contributed by atoms with E-state index in [4.69, 9.17) is 5.73 Å². The van der Waals surface area contributed by atoms with Crippen molar-refractivity contribution in [3.8, 4) is 6.07 Å². The van der Waals surface area contributed by atoms with E-state index in [2.05, 4.69) is 67.6 Å². The number of nitrogens with two attached hydrogens (primary N) is 1. The zero-order valence-electron chi connectivity index (χ0n) is 26.2. The second-order valence-corrected chi connectivity index (χ2v) is 13.9. The average Bonchev–Trinajstić information content (AvgIpc) is 3.51. The van der Waals surface area contributed by atoms with Gasteiger partial charge in [-0.05, 0) is 60.2 Å². The molecule has 0 unspecified atom stereocenters. The van der Waals surface area contributed by atoms with Gasteiger partial charge in [-0.25, -0.2) is 0 Å². The lowest BCUT2D eigenvalue weighted by Gasteiger charge is -2.39. The van der Waals surface area contributed by atoms with Crippen LogP contribution in [0.3, 0.4) is 0 Å². The molecule has 2 aromatic carbocycles. The number of aromatic amines is 1. The van der Waals surface area contributed by atoms with Crippen LogP contribution in [0.2, 0.25) is 0 Å². The zero-order valence-corrected chi connectivity index (χ0v) is 26.2. The van der Waals surface area contributed by atoms with Crippen LogP contribution < -0.4 is 10.6 Å². The molecular weight excluding hydrogens is 536 g/mol. The Bertz CT molecular complexity index is 1640. The molecule has 1 aliphatic carbocycles. The number of piperazine rings is 1. The lowest BCUT2D eigenvalue weighted by atomic mass is 9.70. The molecule has 1 aromatic heterocycles. The van der Waals surface area contributed by atoms with E-state index in [1.165, 1.54) is 0 Å². The Hall–Kier alpha value is -3.67. The first kappa shape index (κ1) is 29.4. The minimum atomic E-state index is -0.419. The van der Waals surface area contributed by atoms with Crippen molar-refractivity contribution in [3.05, 3.63) is 63.8 Å². The summed E-state index contributed by atoms with van der Waals surface area (Å²) in [5.74, 6) is 0.276. The van der Waals surface area contributed by atoms with Crippen molar-refractivity contribution in [2.75, 3.05) is 50.7 Å². The third-order valence-electron chi connectivity index (χ3n) is 10.2. The van der Waals surface area contributed by atoms with Gasteiger partial charge in [-0.15, -0.1) is 0 Å². The minimum absolute atomic E-state index is 0.0384. The normalized spacial score (nSPS) is 21.1. The molecule has 3 heterocycles. The molecule has 226 valence electrons. The Morgan fingerprint density at radius 1 is 1.12 bits per heavy atom. The van der Waals surface area contributed by atoms with Gasteiger partial charge in [0.2, 0.25) is 5.91 Å². The lowest BCUT2D eigenvalue weighted by molar-refractivity contribution is -0.131. The number of ketones is 1. The monoisotopic (exact) mass is 580 g/mol. The number of carbonyl (C=O) groups is 2. The summed E-state index contributed by atoms with van der Waals surface area (Å²) in [5.41, 5.74) is 13.1. The molecule has 6 rings (SSSR count). The first-order chi connectivity index (χ1) is 20.4. The molecular formula is C35H44N6O2. The van der Waals surface area contributed by atoms with Crippen LogP contribution in [-0.2, 0) is 16.6 Å². The molecule has 43 heavy (non-hydrogen) atoms. The first-order valence-corrected chi connectivity index (χ1v) is 15.7. The number of benzene rings is 2. The van der Waals surface area contributed by atoms with Gasteiger partial charge < -0.3 is 25.4 Å². The van der Waals surface area contributed by atoms with Crippen LogP contribution in [0.1, 0.15) is 85.8 Å². The maximum atomic E-state index is 14.0. The highest BCUT2D eigenvalue weighted by Gasteiger charge is 2.41. The molecule has 3 aromatic rings. The third-order valence-corrected chi connectivity index (χ3v) is 10.2. The quantitative estimate of drug-likeness (QED) is 0.442. The number of hydrogen-bond acceptors (Lipinski definition) is 6. The number of nitrogens with one attached hydrogen (secondary N) is 1. The Morgan fingerprint density at radius 3 is 2.51 bits per heavy atom. The van der Waals surface area contributed by atoms with Gasteiger partial charge in [0.05, 0.1) is 17.2 Å². The summed E-state index contributed by atoms with van der Waals surface area (Å²) in [6, 6.07) is 12.2. The Kier molecular flexibility index (Phi) is 7.38. The topological polar surface area (TPSA) is 109 Å². The molecule has 0 saturated carbocycles. The van der Waals surface area contributed by atoms with E-state index in [9.17, 15) is 14.9 Å². The highest BCUT2D eigenvalue weighted by atomic mass is 16.2. The largest absolute Gasteiger partial charge is 0.368 e. The van der Waals surface area contributed by atoms with Gasteiger partial charge in [0.15, 0.2) is 5.78 Å². The second kappa shape index (κ2) is 10.8. The summed E-state index contributed by atoms with van der Waals surface area (Å²) < 4.78 is 0. The van der Waals surface area contributed by atoms with E-state index < -0.39 is 5.41 Å². The molecule has 3 N–H and O–H groups in total. The van der Waals surface area contributed by atoms with Gasteiger partial charge in [0, 0.05) is 85.0 Å². The fraction of sp³-hybridized carbons (Fsp3) is 0.514. The number of fused-ring (bicyclic) bond motifs is 4. The molecule has 0 spiro atoms. The Balaban J connectivity index is 1.17. The van der Waals surface area contributed by atoms with Gasteiger partial charge in [-0.3, -0.25) is 9.59 Å². The number of aromatic nitrogens is 1. The highest BCUT2D eigenvalue weighted by Crippen LogP contribution is 2.46. The maximum absolute atomic E-state index is 14.0. The highest BCUT2D eigenvalue weighted by molar-refractivity contribution is 6.20. The van der Waals surface area contributed by atoms with Crippen LogP contribution in [0.4, 0.5) is 5.69 Å². The maximum Gasteiger partial charge on any atom is 0.222 e. The molecule has 1 atom stereocenters. The fourth-order valence-electron chi connectivity index (χ4n) is 7.42. The summed E-state index contributed by atoms with van der Waals surface area (Å²) in [6.07, 6.45) is 2.26. The van der Waals surface area contributed by atoms with Crippen molar-refractivity contribution >= 4 is 28.3 Å². The van der Waals surface area contributed by atoms with Crippen molar-refractivity contribution in [2.45, 2.75) is 65.3 Å². The van der Waals surface area contributed by atoms with Crippen molar-refractivity contribution in [2.24, 2.45) is 11.1 Å². The van der Waals surface area contributed by atoms with E-state index in [-0.39, 0.29) is 23.1 Å². The number of amides is 1. The number of likely N-dealkylation sites (tertiary alicyclic amines) is 1. The molecule has 2 saturated heterocycles. The van der Waals surface area contributed by atoms with Crippen molar-refractivity contribution in [1.29, 1.82) is 5.26 Å². The van der Waals surface area contributed by atoms with Gasteiger partial charge in [-0.2, -0.15) is 5.26 Å². The molecule has 1 amide bonds. The molecule has 2 aliphatic heterocycles. The molecule has 0 bridgehead atoms. The van der Waals surface area contributed by atoms with Crippen LogP contribution in [0.15, 0.2) is 30.3 Å². The van der Waals surface area contributed by atoms with E-state index in [0.717, 1.165) is 90.1 Å². The number of nitriles is 1. The summed E-state index contributed by atoms with van der Waals surface area (Å²) >= 11 is 0. The number of anilines is 1. The number of rotatable bonds is 6. The van der Waals surface area contributed by atoms with Crippen LogP contribution in [-0.4, -0.2) is 78.3 Å². The van der Waals surface area contributed by atoms with E-state index in [1.54, 1.807) is 6.07 Å². The Labute approximate surface area is 254 Å². The van der Waals surface area contributed by atoms with Crippen molar-refractivity contribution < 1.29 is 9.59 Å². The Morgan fingerprint density at radius 2 is 1.86 bits per heavy atom. The number of nitrogens with zero attached hydrogens (tertiary/aromatic N) is 4. The number of aryl methyl sites for hydroxylation is 1. The van der Waals surface area contributed by atoms with Crippen LogP contribution in [0.25, 0.3) is 10.9 Å². The van der Waals surface area contributed by atoms with E-state index >= 15 is 0 Å². The predicted molar refractivity (Wildman–Crippen MR) is 171 cm³/mol. The number of hydrogen-bond donors (Lipinski definition) is 2. The number of H-pyrrole nitrogens is 1. The lowest BCUT2D eigenvalue weighted by Crippen LogP contribution is -2.49. The van der Waals surface area contributed by atoms with Crippen LogP contribution >= 0.6 is 0 Å². The van der Waals surface area contributed by atoms with Gasteiger partial charge in [-0.1, -0.05) is 40.7 Å². The van der Waals surface area contributed by atoms with Crippen molar-refractivity contribution in [1.82, 2.24) is 14.8 Å². The third kappa shape index (κ3) is 5.03. The summed E-state index contributed by atoms with van der Waals surface area (Å²) in [7, 11) is 0. The second-order valence-electron chi connectivity index (χ2n) is 13.9. The SMILES string of the molecule is CCc1cc2c(cc1N1CCN(C(=O)CCCN3C[C@H](N)C(C)(C)C3)CC1)C(C)(C)c1[nH]c3cc(C#N)ccc3c1C2=O. The fourth-order valence-corrected chi connectivity index (χ4v) is 7.42. The van der Waals surface area contributed by atoms with Gasteiger partial charge >= 0.3 is 0 Å². The van der Waals surface area contributed by atoms with Gasteiger partial charge in [0.1, 0.15) is 0 Å². The van der Waals surface area contributed by atoms with Gasteiger partial charge in [0.25, 0.3) is 0 Å². The number of carbonyl (C=O) groups excluding carboxylic acids is 2. The molecule has 8 heteroatoms. The van der Waals surface area contributed by atoms with Crippen LogP contribution in [0.5, 0.6) is 0 Å². The summed E-state index contributed by atoms with van der Waals surface area (Å²) in [6.45, 7) is 16.7. The van der Waals surface area contributed by atoms with E-state index in [1.807, 2.05) is 17.0 Å². The molecule has 8 nitrogen and oxygen atoms in total. The summed E-state index contributed by atoms with van der Waals surface area (Å²) in [5, 5.41) is 10.3. The average molecular weight is 581 g/mol. The molecule has 3 aliphatic rings. The zero-order chi connectivity index (χ0) is 30.7. The standard InChI is InChI=1S/C35H44N6O2/c1-6-23-17-25-26(35(4,5)33-31(32(25)43)24-10-9-22(19-36)16-27(24)38-33)18-28(23)40-12-14-41(15-13-40)30(42)8-7-11-39-20-29(37)34(2,3)21-39/h9-10,16-18,29,38H,6-8,11-15,20-21,37H2,1-5H3/t29-/m0/s1. The van der Waals surface area contributed by atoms with Crippen LogP contribution in [0, 0.1) is 16.7 Å². The molecule has 0 radical (unpaired) electrons. The molecule has 2 fully saturated rings. The minimum Gasteiger partial charge on any atom is -0.368 e. The predicted octanol–water partition coefficient (Wildman–Crippen LogP) is 4.57. The van der Waals surface area contributed by atoms with Crippen molar-refractivity contribution in [3.63, 3.8) is 0 Å². The smallest absolute Gasteiger partial charge is 0.222 e.